The Balaban J connectivity index is 0.000000917. The van der Waals surface area contributed by atoms with Crippen molar-refractivity contribution in [1.29, 1.82) is 0 Å². The van der Waals surface area contributed by atoms with Crippen LogP contribution in [0.3, 0.4) is 0 Å². The monoisotopic (exact) mass is 585 g/mol. The van der Waals surface area contributed by atoms with Gasteiger partial charge in [0, 0.05) is 22.8 Å². The van der Waals surface area contributed by atoms with E-state index in [2.05, 4.69) is 31.2 Å². The summed E-state index contributed by atoms with van der Waals surface area (Å²) in [6.45, 7) is 2.17. The van der Waals surface area contributed by atoms with Gasteiger partial charge in [0.2, 0.25) is 0 Å². The summed E-state index contributed by atoms with van der Waals surface area (Å²) in [5.74, 6) is 2.55. The third-order valence-electron chi connectivity index (χ3n) is 7.70. The van der Waals surface area contributed by atoms with Crippen LogP contribution in [0, 0.1) is 11.8 Å². The maximum absolute atomic E-state index is 11.5. The Morgan fingerprint density at radius 2 is 1.57 bits per heavy atom. The number of phenols is 1. The van der Waals surface area contributed by atoms with E-state index in [1.165, 1.54) is 25.7 Å². The molecule has 2 aliphatic carbocycles. The molecule has 0 amide bonds. The summed E-state index contributed by atoms with van der Waals surface area (Å²) in [6, 6.07) is 25.0. The molecule has 0 radical (unpaired) electrons. The number of aromatic hydroxyl groups is 1. The number of hydrogen-bond acceptors (Lipinski definition) is 3. The summed E-state index contributed by atoms with van der Waals surface area (Å²) in [5, 5.41) is 11.5. The van der Waals surface area contributed by atoms with Crippen molar-refractivity contribution in [2.45, 2.75) is 44.1 Å². The molecule has 3 nitrogen and oxygen atoms in total. The Labute approximate surface area is 227 Å². The standard InChI is InChI=1S/C29H31NO2.2ClH.Zr/c1-29(23-9-5-3-6-10-23,24-11-7-4-8-12-24)26-18-25(32-2)17-22(28(26)31)19-30-27-16-20-13-14-21(27)15-20;;;/h3-12,17-21,27,31H,13-16H2,1-2H3;2*1H;/q;;;+2/p-2. The van der Waals surface area contributed by atoms with Crippen molar-refractivity contribution in [2.24, 2.45) is 16.8 Å². The van der Waals surface area contributed by atoms with Crippen LogP contribution >= 0.6 is 17.0 Å². The van der Waals surface area contributed by atoms with E-state index < -0.39 is 26.3 Å². The number of ether oxygens (including phenoxy) is 1. The van der Waals surface area contributed by atoms with Crippen LogP contribution in [0.1, 0.15) is 54.9 Å². The molecule has 0 aromatic heterocycles. The first kappa shape index (κ1) is 26.5. The number of hydrogen-bond donors (Lipinski definition) is 1. The first-order valence-electron chi connectivity index (χ1n) is 12.0. The molecule has 0 saturated heterocycles. The second-order valence-electron chi connectivity index (χ2n) is 9.56. The van der Waals surface area contributed by atoms with Gasteiger partial charge in [-0.3, -0.25) is 4.99 Å². The van der Waals surface area contributed by atoms with E-state index in [1.807, 2.05) is 54.7 Å². The summed E-state index contributed by atoms with van der Waals surface area (Å²) >= 11 is -0.826. The van der Waals surface area contributed by atoms with Crippen molar-refractivity contribution in [2.75, 3.05) is 7.11 Å². The Morgan fingerprint density at radius 3 is 2.06 bits per heavy atom. The van der Waals surface area contributed by atoms with Crippen LogP contribution in [-0.2, 0) is 26.3 Å². The number of aliphatic imine (C=N–C) groups is 1. The normalized spacial score (nSPS) is 21.0. The first-order valence-corrected chi connectivity index (χ1v) is 18.4. The zero-order valence-electron chi connectivity index (χ0n) is 20.1. The summed E-state index contributed by atoms with van der Waals surface area (Å²) < 4.78 is 5.67. The molecule has 2 saturated carbocycles. The summed E-state index contributed by atoms with van der Waals surface area (Å²) in [6.07, 6.45) is 7.03. The van der Waals surface area contributed by atoms with Gasteiger partial charge in [-0.05, 0) is 61.3 Å². The van der Waals surface area contributed by atoms with E-state index in [-0.39, 0.29) is 5.75 Å². The van der Waals surface area contributed by atoms with Crippen molar-refractivity contribution in [3.05, 3.63) is 95.1 Å². The van der Waals surface area contributed by atoms with Gasteiger partial charge in [0.1, 0.15) is 11.5 Å². The van der Waals surface area contributed by atoms with Gasteiger partial charge in [-0.25, -0.2) is 0 Å². The molecular formula is C29H31Cl2NO2Zr. The van der Waals surface area contributed by atoms with E-state index in [4.69, 9.17) is 26.8 Å². The second-order valence-corrected chi connectivity index (χ2v) is 13.3. The van der Waals surface area contributed by atoms with Crippen molar-refractivity contribution >= 4 is 23.2 Å². The minimum atomic E-state index is -0.826. The summed E-state index contributed by atoms with van der Waals surface area (Å²) in [4.78, 5) is 4.94. The van der Waals surface area contributed by atoms with Gasteiger partial charge in [-0.15, -0.1) is 0 Å². The molecule has 5 rings (SSSR count). The van der Waals surface area contributed by atoms with Crippen molar-refractivity contribution in [3.63, 3.8) is 0 Å². The molecule has 2 aliphatic rings. The van der Waals surface area contributed by atoms with Gasteiger partial charge in [-0.1, -0.05) is 67.1 Å². The van der Waals surface area contributed by atoms with Crippen LogP contribution in [-0.4, -0.2) is 24.5 Å². The topological polar surface area (TPSA) is 41.8 Å². The number of benzene rings is 3. The van der Waals surface area contributed by atoms with Gasteiger partial charge < -0.3 is 9.84 Å². The molecule has 0 spiro atoms. The van der Waals surface area contributed by atoms with E-state index >= 15 is 0 Å². The fraction of sp³-hybridized carbons (Fsp3) is 0.345. The van der Waals surface area contributed by atoms with Crippen LogP contribution < -0.4 is 4.74 Å². The molecule has 6 heteroatoms. The molecular weight excluding hydrogens is 556 g/mol. The number of rotatable bonds is 6. The Morgan fingerprint density at radius 1 is 0.971 bits per heavy atom. The second kappa shape index (κ2) is 12.1. The van der Waals surface area contributed by atoms with Gasteiger partial charge in [-0.2, -0.15) is 0 Å². The Bertz CT molecular complexity index is 1100. The number of nitrogens with zero attached hydrogens (tertiary/aromatic N) is 1. The van der Waals surface area contributed by atoms with E-state index in [0.29, 0.717) is 12.0 Å². The average Bonchev–Trinajstić information content (AvgIpc) is 3.53. The predicted molar refractivity (Wildman–Crippen MR) is 142 cm³/mol. The third-order valence-corrected chi connectivity index (χ3v) is 7.70. The number of phenolic OH excluding ortho intramolecular Hbond substituents is 1. The fourth-order valence-corrected chi connectivity index (χ4v) is 5.82. The van der Waals surface area contributed by atoms with E-state index in [0.717, 1.165) is 33.9 Å². The van der Waals surface area contributed by atoms with Crippen LogP contribution in [0.4, 0.5) is 0 Å². The third kappa shape index (κ3) is 5.71. The quantitative estimate of drug-likeness (QED) is 0.237. The van der Waals surface area contributed by atoms with Crippen LogP contribution in [0.25, 0.3) is 0 Å². The van der Waals surface area contributed by atoms with Crippen molar-refractivity contribution in [1.82, 2.24) is 0 Å². The molecule has 3 atom stereocenters. The first-order chi connectivity index (χ1) is 17.0. The fourth-order valence-electron chi connectivity index (χ4n) is 5.82. The van der Waals surface area contributed by atoms with Crippen LogP contribution in [0.15, 0.2) is 77.8 Å². The summed E-state index contributed by atoms with van der Waals surface area (Å²) in [5.41, 5.74) is 3.23. The molecule has 3 aromatic carbocycles. The number of halogens is 2. The average molecular weight is 588 g/mol. The van der Waals surface area contributed by atoms with Crippen LogP contribution in [0.5, 0.6) is 11.5 Å². The summed E-state index contributed by atoms with van der Waals surface area (Å²) in [7, 11) is 11.5. The van der Waals surface area contributed by atoms with Crippen LogP contribution in [0.2, 0.25) is 0 Å². The molecule has 3 unspecified atom stereocenters. The molecule has 2 fully saturated rings. The molecule has 0 aliphatic heterocycles. The molecule has 182 valence electrons. The van der Waals surface area contributed by atoms with E-state index in [9.17, 15) is 5.11 Å². The zero-order valence-corrected chi connectivity index (χ0v) is 24.1. The van der Waals surface area contributed by atoms with Gasteiger partial charge in [0.15, 0.2) is 0 Å². The molecule has 0 heterocycles. The van der Waals surface area contributed by atoms with Gasteiger partial charge in [0.25, 0.3) is 0 Å². The molecule has 1 N–H and O–H groups in total. The minimum absolute atomic E-state index is 0.271. The zero-order chi connectivity index (χ0) is 24.8. The van der Waals surface area contributed by atoms with Crippen molar-refractivity contribution in [3.8, 4) is 11.5 Å². The maximum atomic E-state index is 11.5. The van der Waals surface area contributed by atoms with Crippen molar-refractivity contribution < 1.29 is 30.7 Å². The Hall–Kier alpha value is -1.61. The molecule has 35 heavy (non-hydrogen) atoms. The predicted octanol–water partition coefficient (Wildman–Crippen LogP) is 7.74. The molecule has 2 bridgehead atoms. The van der Waals surface area contributed by atoms with E-state index in [1.54, 1.807) is 7.11 Å². The Kier molecular flexibility index (Phi) is 9.14. The molecule has 3 aromatic rings. The SMILES string of the molecule is COc1cc(C=NC2CC3CCC2C3)c(O)c(C(C)(c2ccccc2)c2ccccc2)c1.[Cl][Zr][Cl]. The van der Waals surface area contributed by atoms with Gasteiger partial charge >= 0.3 is 37.9 Å². The van der Waals surface area contributed by atoms with Gasteiger partial charge in [0.05, 0.1) is 13.2 Å². The number of methoxy groups -OCH3 is 1. The number of fused-ring (bicyclic) bond motifs is 2.